The molecule has 0 heterocycles. The zero-order chi connectivity index (χ0) is 32.4. The number of anilines is 1. The number of halogens is 1. The molecule has 0 unspecified atom stereocenters. The maximum Gasteiger partial charge on any atom is 0.264 e. The highest BCUT2D eigenvalue weighted by atomic mass is 79.9. The summed E-state index contributed by atoms with van der Waals surface area (Å²) < 4.78 is 35.3. The lowest BCUT2D eigenvalue weighted by molar-refractivity contribution is -0.140. The van der Waals surface area contributed by atoms with Crippen molar-refractivity contribution < 1.29 is 22.7 Å². The van der Waals surface area contributed by atoms with Gasteiger partial charge in [0.2, 0.25) is 11.8 Å². The van der Waals surface area contributed by atoms with Crippen molar-refractivity contribution in [1.82, 2.24) is 10.2 Å². The number of sulfonamides is 1. The minimum atomic E-state index is -4.17. The highest BCUT2D eigenvalue weighted by Gasteiger charge is 2.35. The van der Waals surface area contributed by atoms with Gasteiger partial charge in [-0.2, -0.15) is 0 Å². The first-order valence-electron chi connectivity index (χ1n) is 14.7. The van der Waals surface area contributed by atoms with Crippen LogP contribution in [0.3, 0.4) is 0 Å². The number of carbonyl (C=O) groups excluding carboxylic acids is 2. The second kappa shape index (κ2) is 15.7. The monoisotopic (exact) mass is 691 g/mol. The fourth-order valence-corrected chi connectivity index (χ4v) is 6.66. The standard InChI is InChI=1S/C35H38BrN3O5S/c1-4-26(2)37-35(41)33(22-27-13-7-5-8-14-27)38(24-28-15-11-18-31(21-28)44-3)34(40)25-39(30-17-12-16-29(36)23-30)45(42,43)32-19-9-6-10-20-32/h5-21,23,26,33H,4,22,24-25H2,1-3H3,(H,37,41)/t26-,33+/m0/s1. The summed E-state index contributed by atoms with van der Waals surface area (Å²) in [6.45, 7) is 3.41. The average molecular weight is 693 g/mol. The molecule has 1 N–H and O–H groups in total. The van der Waals surface area contributed by atoms with Gasteiger partial charge in [0.15, 0.2) is 0 Å². The van der Waals surface area contributed by atoms with Crippen LogP contribution in [0.25, 0.3) is 0 Å². The first-order valence-corrected chi connectivity index (χ1v) is 17.0. The van der Waals surface area contributed by atoms with Gasteiger partial charge in [-0.3, -0.25) is 13.9 Å². The fraction of sp³-hybridized carbons (Fsp3) is 0.257. The lowest BCUT2D eigenvalue weighted by Crippen LogP contribution is -2.54. The molecule has 4 aromatic carbocycles. The lowest BCUT2D eigenvalue weighted by Gasteiger charge is -2.34. The van der Waals surface area contributed by atoms with Crippen molar-refractivity contribution in [3.8, 4) is 5.75 Å². The highest BCUT2D eigenvalue weighted by molar-refractivity contribution is 9.10. The van der Waals surface area contributed by atoms with Crippen LogP contribution in [0.5, 0.6) is 5.75 Å². The topological polar surface area (TPSA) is 96.0 Å². The molecule has 10 heteroatoms. The van der Waals surface area contributed by atoms with E-state index in [0.717, 1.165) is 15.4 Å². The summed E-state index contributed by atoms with van der Waals surface area (Å²) in [4.78, 5) is 30.0. The second-order valence-electron chi connectivity index (χ2n) is 10.7. The predicted octanol–water partition coefficient (Wildman–Crippen LogP) is 6.21. The number of amides is 2. The Hall–Kier alpha value is -4.15. The molecule has 0 aromatic heterocycles. The molecule has 4 rings (SSSR count). The molecule has 0 saturated carbocycles. The van der Waals surface area contributed by atoms with Crippen LogP contribution in [0.15, 0.2) is 119 Å². The van der Waals surface area contributed by atoms with Crippen LogP contribution in [0.2, 0.25) is 0 Å². The Labute approximate surface area is 274 Å². The van der Waals surface area contributed by atoms with E-state index in [-0.39, 0.29) is 29.8 Å². The molecule has 0 bridgehead atoms. The number of ether oxygens (including phenoxy) is 1. The Morgan fingerprint density at radius 2 is 1.51 bits per heavy atom. The average Bonchev–Trinajstić information content (AvgIpc) is 3.05. The first-order chi connectivity index (χ1) is 21.6. The molecule has 2 atom stereocenters. The van der Waals surface area contributed by atoms with Gasteiger partial charge < -0.3 is 15.0 Å². The smallest absolute Gasteiger partial charge is 0.264 e. The van der Waals surface area contributed by atoms with Gasteiger partial charge in [0.25, 0.3) is 10.0 Å². The van der Waals surface area contributed by atoms with Gasteiger partial charge >= 0.3 is 0 Å². The Morgan fingerprint density at radius 1 is 0.867 bits per heavy atom. The molecule has 0 aliphatic heterocycles. The van der Waals surface area contributed by atoms with Crippen LogP contribution >= 0.6 is 15.9 Å². The number of benzene rings is 4. The Morgan fingerprint density at radius 3 is 2.16 bits per heavy atom. The van der Waals surface area contributed by atoms with Crippen LogP contribution in [0, 0.1) is 0 Å². The Balaban J connectivity index is 1.81. The molecule has 0 radical (unpaired) electrons. The predicted molar refractivity (Wildman–Crippen MR) is 180 cm³/mol. The van der Waals surface area contributed by atoms with Crippen molar-refractivity contribution in [2.45, 2.75) is 50.2 Å². The molecule has 0 spiro atoms. The van der Waals surface area contributed by atoms with Crippen LogP contribution in [-0.4, -0.2) is 50.9 Å². The number of rotatable bonds is 14. The van der Waals surface area contributed by atoms with E-state index in [9.17, 15) is 18.0 Å². The molecule has 2 amide bonds. The number of methoxy groups -OCH3 is 1. The molecular formula is C35H38BrN3O5S. The first kappa shape index (κ1) is 33.7. The van der Waals surface area contributed by atoms with Gasteiger partial charge in [-0.15, -0.1) is 0 Å². The minimum absolute atomic E-state index is 0.0486. The van der Waals surface area contributed by atoms with Gasteiger partial charge in [-0.25, -0.2) is 8.42 Å². The number of hydrogen-bond donors (Lipinski definition) is 1. The molecule has 0 aliphatic rings. The number of carbonyl (C=O) groups is 2. The quantitative estimate of drug-likeness (QED) is 0.170. The Kier molecular flexibility index (Phi) is 11.8. The van der Waals surface area contributed by atoms with Crippen LogP contribution in [0.4, 0.5) is 5.69 Å². The normalized spacial score (nSPS) is 12.5. The lowest BCUT2D eigenvalue weighted by atomic mass is 10.0. The van der Waals surface area contributed by atoms with E-state index in [1.54, 1.807) is 61.7 Å². The van der Waals surface area contributed by atoms with E-state index in [1.807, 2.05) is 56.3 Å². The van der Waals surface area contributed by atoms with Crippen molar-refractivity contribution in [3.63, 3.8) is 0 Å². The zero-order valence-corrected chi connectivity index (χ0v) is 28.0. The maximum absolute atomic E-state index is 14.5. The molecule has 0 saturated heterocycles. The van der Waals surface area contributed by atoms with Crippen molar-refractivity contribution >= 4 is 43.5 Å². The van der Waals surface area contributed by atoms with Crippen molar-refractivity contribution in [2.24, 2.45) is 0 Å². The van der Waals surface area contributed by atoms with E-state index >= 15 is 0 Å². The summed E-state index contributed by atoms with van der Waals surface area (Å²) in [7, 11) is -2.61. The summed E-state index contributed by atoms with van der Waals surface area (Å²) in [5.41, 5.74) is 1.91. The summed E-state index contributed by atoms with van der Waals surface area (Å²) in [6.07, 6.45) is 0.945. The summed E-state index contributed by atoms with van der Waals surface area (Å²) in [5.74, 6) is -0.243. The maximum atomic E-state index is 14.5. The molecule has 45 heavy (non-hydrogen) atoms. The molecule has 8 nitrogen and oxygen atoms in total. The SMILES string of the molecule is CC[C@H](C)NC(=O)[C@@H](Cc1ccccc1)N(Cc1cccc(OC)c1)C(=O)CN(c1cccc(Br)c1)S(=O)(=O)c1ccccc1. The molecule has 0 fully saturated rings. The van der Waals surface area contributed by atoms with Gasteiger partial charge in [0, 0.05) is 23.5 Å². The van der Waals surface area contributed by atoms with E-state index in [4.69, 9.17) is 4.74 Å². The van der Waals surface area contributed by atoms with Gasteiger partial charge in [0.05, 0.1) is 17.7 Å². The highest BCUT2D eigenvalue weighted by Crippen LogP contribution is 2.27. The molecular weight excluding hydrogens is 654 g/mol. The largest absolute Gasteiger partial charge is 0.497 e. The molecule has 4 aromatic rings. The van der Waals surface area contributed by atoms with Gasteiger partial charge in [-0.05, 0) is 66.9 Å². The van der Waals surface area contributed by atoms with Crippen molar-refractivity contribution in [1.29, 1.82) is 0 Å². The zero-order valence-electron chi connectivity index (χ0n) is 25.6. The number of nitrogens with one attached hydrogen (secondary N) is 1. The summed E-state index contributed by atoms with van der Waals surface area (Å²) in [6, 6.07) is 30.5. The minimum Gasteiger partial charge on any atom is -0.497 e. The van der Waals surface area contributed by atoms with Crippen LogP contribution < -0.4 is 14.4 Å². The third-order valence-electron chi connectivity index (χ3n) is 7.47. The van der Waals surface area contributed by atoms with Crippen LogP contribution in [-0.2, 0) is 32.6 Å². The number of nitrogens with zero attached hydrogens (tertiary/aromatic N) is 2. The molecule has 236 valence electrons. The van der Waals surface area contributed by atoms with Crippen molar-refractivity contribution in [3.05, 3.63) is 125 Å². The third kappa shape index (κ3) is 8.95. The van der Waals surface area contributed by atoms with Crippen LogP contribution in [0.1, 0.15) is 31.4 Å². The van der Waals surface area contributed by atoms with Crippen molar-refractivity contribution in [2.75, 3.05) is 18.0 Å². The Bertz CT molecular complexity index is 1690. The van der Waals surface area contributed by atoms with E-state index < -0.39 is 28.5 Å². The van der Waals surface area contributed by atoms with Gasteiger partial charge in [0.1, 0.15) is 18.3 Å². The number of hydrogen-bond acceptors (Lipinski definition) is 5. The third-order valence-corrected chi connectivity index (χ3v) is 9.75. The molecule has 0 aliphatic carbocycles. The van der Waals surface area contributed by atoms with E-state index in [1.165, 1.54) is 17.0 Å². The van der Waals surface area contributed by atoms with E-state index in [2.05, 4.69) is 21.2 Å². The second-order valence-corrected chi connectivity index (χ2v) is 13.5. The fourth-order valence-electron chi connectivity index (χ4n) is 4.84. The summed E-state index contributed by atoms with van der Waals surface area (Å²) in [5, 5.41) is 3.05. The van der Waals surface area contributed by atoms with Gasteiger partial charge in [-0.1, -0.05) is 89.6 Å². The summed E-state index contributed by atoms with van der Waals surface area (Å²) >= 11 is 3.43. The van der Waals surface area contributed by atoms with E-state index in [0.29, 0.717) is 22.3 Å².